The van der Waals surface area contributed by atoms with Crippen LogP contribution in [-0.2, 0) is 4.79 Å². The average Bonchev–Trinajstić information content (AvgIpc) is 2.22. The van der Waals surface area contributed by atoms with Gasteiger partial charge in [0.25, 0.3) is 0 Å². The van der Waals surface area contributed by atoms with Crippen LogP contribution in [-0.4, -0.2) is 12.5 Å². The van der Waals surface area contributed by atoms with Gasteiger partial charge in [-0.05, 0) is 24.5 Å². The normalized spacial score (nSPS) is 12.6. The molecule has 3 N–H and O–H groups in total. The van der Waals surface area contributed by atoms with Crippen LogP contribution in [0, 0.1) is 18.8 Å². The molecule has 1 aromatic rings. The molecule has 0 aliphatic carbocycles. The highest BCUT2D eigenvalue weighted by Gasteiger charge is 2.20. The third kappa shape index (κ3) is 3.07. The molecule has 0 bridgehead atoms. The Balaban J connectivity index is 2.74. The maximum Gasteiger partial charge on any atom is 0.229 e. The van der Waals surface area contributed by atoms with Crippen molar-refractivity contribution in [3.63, 3.8) is 0 Å². The van der Waals surface area contributed by atoms with Gasteiger partial charge in [-0.2, -0.15) is 0 Å². The van der Waals surface area contributed by atoms with E-state index < -0.39 is 0 Å². The third-order valence-corrected chi connectivity index (χ3v) is 2.80. The molecule has 1 amide bonds. The van der Waals surface area contributed by atoms with E-state index >= 15 is 0 Å². The van der Waals surface area contributed by atoms with Crippen molar-refractivity contribution < 1.29 is 4.79 Å². The molecular formula is C13H20N2O. The number of hydrogen-bond acceptors (Lipinski definition) is 2. The molecule has 1 aromatic carbocycles. The van der Waals surface area contributed by atoms with Gasteiger partial charge in [-0.3, -0.25) is 4.79 Å². The van der Waals surface area contributed by atoms with E-state index in [1.807, 2.05) is 45.0 Å². The first-order valence-electron chi connectivity index (χ1n) is 5.62. The van der Waals surface area contributed by atoms with Crippen molar-refractivity contribution in [2.24, 2.45) is 17.6 Å². The summed E-state index contributed by atoms with van der Waals surface area (Å²) in [6.07, 6.45) is 0. The van der Waals surface area contributed by atoms with E-state index in [0.717, 1.165) is 11.3 Å². The summed E-state index contributed by atoms with van der Waals surface area (Å²) in [4.78, 5) is 11.9. The van der Waals surface area contributed by atoms with Crippen LogP contribution in [0.3, 0.4) is 0 Å². The number of carbonyl (C=O) groups is 1. The van der Waals surface area contributed by atoms with Gasteiger partial charge in [-0.1, -0.05) is 32.0 Å². The van der Waals surface area contributed by atoms with Gasteiger partial charge in [0.05, 0.1) is 5.92 Å². The van der Waals surface area contributed by atoms with Crippen LogP contribution in [0.1, 0.15) is 19.4 Å². The van der Waals surface area contributed by atoms with E-state index in [-0.39, 0.29) is 17.7 Å². The summed E-state index contributed by atoms with van der Waals surface area (Å²) in [5.41, 5.74) is 7.54. The predicted molar refractivity (Wildman–Crippen MR) is 67.2 cm³/mol. The average molecular weight is 220 g/mol. The van der Waals surface area contributed by atoms with E-state index in [0.29, 0.717) is 6.54 Å². The molecule has 0 aliphatic heterocycles. The Morgan fingerprint density at radius 1 is 1.38 bits per heavy atom. The Bertz CT molecular complexity index is 361. The molecule has 0 aromatic heterocycles. The van der Waals surface area contributed by atoms with Crippen molar-refractivity contribution in [3.05, 3.63) is 29.8 Å². The minimum absolute atomic E-state index is 0.00630. The zero-order chi connectivity index (χ0) is 12.1. The number of para-hydroxylation sites is 1. The van der Waals surface area contributed by atoms with Gasteiger partial charge >= 0.3 is 0 Å². The zero-order valence-electron chi connectivity index (χ0n) is 10.2. The fourth-order valence-corrected chi connectivity index (χ4v) is 1.62. The van der Waals surface area contributed by atoms with Gasteiger partial charge in [0.1, 0.15) is 0 Å². The van der Waals surface area contributed by atoms with Crippen LogP contribution in [0.2, 0.25) is 0 Å². The first-order valence-corrected chi connectivity index (χ1v) is 5.62. The van der Waals surface area contributed by atoms with Crippen LogP contribution in [0.25, 0.3) is 0 Å². The van der Waals surface area contributed by atoms with Crippen molar-refractivity contribution in [1.29, 1.82) is 0 Å². The molecule has 1 unspecified atom stereocenters. The Morgan fingerprint density at radius 3 is 2.50 bits per heavy atom. The lowest BCUT2D eigenvalue weighted by Crippen LogP contribution is -2.33. The van der Waals surface area contributed by atoms with Gasteiger partial charge in [0.15, 0.2) is 0 Å². The summed E-state index contributed by atoms with van der Waals surface area (Å²) in [6, 6.07) is 7.74. The maximum absolute atomic E-state index is 11.9. The minimum atomic E-state index is -0.125. The summed E-state index contributed by atoms with van der Waals surface area (Å²) >= 11 is 0. The molecule has 0 heterocycles. The molecule has 88 valence electrons. The van der Waals surface area contributed by atoms with E-state index in [4.69, 9.17) is 5.73 Å². The molecule has 0 spiro atoms. The van der Waals surface area contributed by atoms with Gasteiger partial charge < -0.3 is 11.1 Å². The Hall–Kier alpha value is -1.35. The highest BCUT2D eigenvalue weighted by molar-refractivity contribution is 5.93. The van der Waals surface area contributed by atoms with Crippen LogP contribution in [0.4, 0.5) is 5.69 Å². The number of nitrogens with two attached hydrogens (primary N) is 1. The monoisotopic (exact) mass is 220 g/mol. The largest absolute Gasteiger partial charge is 0.330 e. The zero-order valence-corrected chi connectivity index (χ0v) is 10.2. The fourth-order valence-electron chi connectivity index (χ4n) is 1.62. The molecule has 0 fully saturated rings. The van der Waals surface area contributed by atoms with E-state index in [2.05, 4.69) is 5.32 Å². The number of nitrogens with one attached hydrogen (secondary N) is 1. The molecule has 0 saturated heterocycles. The molecule has 0 radical (unpaired) electrons. The lowest BCUT2D eigenvalue weighted by molar-refractivity contribution is -0.120. The molecule has 1 atom stereocenters. The highest BCUT2D eigenvalue weighted by atomic mass is 16.1. The summed E-state index contributed by atoms with van der Waals surface area (Å²) in [5, 5.41) is 2.92. The van der Waals surface area contributed by atoms with Gasteiger partial charge in [0.2, 0.25) is 5.91 Å². The number of carbonyl (C=O) groups excluding carboxylic acids is 1. The molecular weight excluding hydrogens is 200 g/mol. The van der Waals surface area contributed by atoms with Crippen molar-refractivity contribution in [1.82, 2.24) is 0 Å². The number of hydrogen-bond donors (Lipinski definition) is 2. The van der Waals surface area contributed by atoms with Gasteiger partial charge in [-0.25, -0.2) is 0 Å². The molecule has 3 nitrogen and oxygen atoms in total. The molecule has 1 rings (SSSR count). The summed E-state index contributed by atoms with van der Waals surface area (Å²) in [5.74, 6) is 0.139. The molecule has 0 saturated carbocycles. The predicted octanol–water partition coefficient (Wildman–Crippen LogP) is 2.16. The first-order chi connectivity index (χ1) is 7.56. The van der Waals surface area contributed by atoms with Crippen molar-refractivity contribution in [2.45, 2.75) is 20.8 Å². The van der Waals surface area contributed by atoms with Crippen LogP contribution < -0.4 is 11.1 Å². The summed E-state index contributed by atoms with van der Waals surface area (Å²) in [6.45, 7) is 6.38. The maximum atomic E-state index is 11.9. The van der Waals surface area contributed by atoms with E-state index in [1.165, 1.54) is 0 Å². The Kier molecular flexibility index (Phi) is 4.50. The second-order valence-electron chi connectivity index (χ2n) is 4.39. The number of anilines is 1. The smallest absolute Gasteiger partial charge is 0.229 e. The number of aryl methyl sites for hydroxylation is 1. The fraction of sp³-hybridized carbons (Fsp3) is 0.462. The van der Waals surface area contributed by atoms with Crippen molar-refractivity contribution in [3.8, 4) is 0 Å². The number of benzene rings is 1. The second-order valence-corrected chi connectivity index (χ2v) is 4.39. The van der Waals surface area contributed by atoms with Gasteiger partial charge in [-0.15, -0.1) is 0 Å². The lowest BCUT2D eigenvalue weighted by Gasteiger charge is -2.18. The minimum Gasteiger partial charge on any atom is -0.330 e. The molecule has 0 aliphatic rings. The lowest BCUT2D eigenvalue weighted by atomic mass is 9.95. The standard InChI is InChI=1S/C13H20N2O/c1-9(2)11(8-14)13(16)15-12-7-5-4-6-10(12)3/h4-7,9,11H,8,14H2,1-3H3,(H,15,16). The highest BCUT2D eigenvalue weighted by Crippen LogP contribution is 2.17. The van der Waals surface area contributed by atoms with Crippen LogP contribution in [0.5, 0.6) is 0 Å². The SMILES string of the molecule is Cc1ccccc1NC(=O)C(CN)C(C)C. The molecule has 3 heteroatoms. The van der Waals surface area contributed by atoms with Crippen LogP contribution in [0.15, 0.2) is 24.3 Å². The van der Waals surface area contributed by atoms with Gasteiger partial charge in [0, 0.05) is 12.2 Å². The summed E-state index contributed by atoms with van der Waals surface area (Å²) < 4.78 is 0. The number of amides is 1. The first kappa shape index (κ1) is 12.7. The number of rotatable bonds is 4. The Labute approximate surface area is 97.0 Å². The van der Waals surface area contributed by atoms with Crippen LogP contribution >= 0.6 is 0 Å². The quantitative estimate of drug-likeness (QED) is 0.817. The topological polar surface area (TPSA) is 55.1 Å². The third-order valence-electron chi connectivity index (χ3n) is 2.80. The summed E-state index contributed by atoms with van der Waals surface area (Å²) in [7, 11) is 0. The van der Waals surface area contributed by atoms with E-state index in [1.54, 1.807) is 0 Å². The Morgan fingerprint density at radius 2 is 2.00 bits per heavy atom. The van der Waals surface area contributed by atoms with E-state index in [9.17, 15) is 4.79 Å². The second kappa shape index (κ2) is 5.66. The van der Waals surface area contributed by atoms with Crippen molar-refractivity contribution in [2.75, 3.05) is 11.9 Å². The molecule has 16 heavy (non-hydrogen) atoms. The van der Waals surface area contributed by atoms with Crippen molar-refractivity contribution >= 4 is 11.6 Å².